The maximum Gasteiger partial charge on any atom is 0.342 e. The molecule has 0 spiro atoms. The number of aryl methyl sites for hydroxylation is 1. The second-order valence-corrected chi connectivity index (χ2v) is 5.58. The first kappa shape index (κ1) is 17.0. The fraction of sp³-hybridized carbons (Fsp3) is 0.105. The Labute approximate surface area is 148 Å². The Balaban J connectivity index is 1.82. The van der Waals surface area contributed by atoms with Crippen molar-refractivity contribution < 1.29 is 19.7 Å². The molecule has 0 fully saturated rings. The van der Waals surface area contributed by atoms with Crippen LogP contribution in [0.1, 0.15) is 21.7 Å². The van der Waals surface area contributed by atoms with Gasteiger partial charge in [-0.1, -0.05) is 24.3 Å². The number of aromatic amines is 1. The molecule has 0 atom stereocenters. The quantitative estimate of drug-likeness (QED) is 0.378. The molecule has 0 saturated heterocycles. The molecule has 0 amide bonds. The van der Waals surface area contributed by atoms with Gasteiger partial charge in [-0.25, -0.2) is 9.78 Å². The summed E-state index contributed by atoms with van der Waals surface area (Å²) in [4.78, 5) is 19.3. The molecule has 130 valence electrons. The Kier molecular flexibility index (Phi) is 4.58. The van der Waals surface area contributed by atoms with Crippen molar-refractivity contribution in [2.75, 3.05) is 6.61 Å². The largest absolute Gasteiger partial charge is 0.507 e. The molecule has 3 aromatic rings. The zero-order valence-corrected chi connectivity index (χ0v) is 13.9. The molecule has 0 saturated carbocycles. The number of benzene rings is 2. The van der Waals surface area contributed by atoms with Crippen LogP contribution in [0.2, 0.25) is 0 Å². The molecule has 1 aromatic heterocycles. The number of H-pyrrole nitrogens is 1. The van der Waals surface area contributed by atoms with E-state index in [1.165, 1.54) is 6.07 Å². The number of hydrogen-bond acceptors (Lipinski definition) is 6. The molecule has 7 nitrogen and oxygen atoms in total. The predicted molar refractivity (Wildman–Crippen MR) is 94.4 cm³/mol. The molecule has 0 bridgehead atoms. The lowest BCUT2D eigenvalue weighted by Gasteiger charge is -2.08. The highest BCUT2D eigenvalue weighted by molar-refractivity contribution is 5.93. The normalized spacial score (nSPS) is 11.7. The predicted octanol–water partition coefficient (Wildman–Crippen LogP) is 3.23. The van der Waals surface area contributed by atoms with E-state index in [0.717, 1.165) is 0 Å². The Morgan fingerprint density at radius 1 is 1.27 bits per heavy atom. The Morgan fingerprint density at radius 3 is 2.77 bits per heavy atom. The fourth-order valence-electron chi connectivity index (χ4n) is 2.43. The molecule has 3 N–H and O–H groups in total. The number of hydrogen-bond donors (Lipinski definition) is 3. The number of esters is 1. The van der Waals surface area contributed by atoms with Crippen LogP contribution in [0.5, 0.6) is 5.75 Å². The van der Waals surface area contributed by atoms with Gasteiger partial charge in [-0.15, -0.1) is 0 Å². The summed E-state index contributed by atoms with van der Waals surface area (Å²) in [5, 5.41) is 29.4. The smallest absolute Gasteiger partial charge is 0.342 e. The minimum atomic E-state index is -0.806. The highest BCUT2D eigenvalue weighted by Crippen LogP contribution is 2.23. The number of carbonyl (C=O) groups is 1. The molecule has 3 rings (SSSR count). The van der Waals surface area contributed by atoms with E-state index in [-0.39, 0.29) is 22.7 Å². The molecular weight excluding hydrogens is 334 g/mol. The zero-order valence-electron chi connectivity index (χ0n) is 13.9. The summed E-state index contributed by atoms with van der Waals surface area (Å²) in [5.74, 6) is -1.24. The first-order chi connectivity index (χ1) is 12.5. The summed E-state index contributed by atoms with van der Waals surface area (Å²) in [6.07, 6.45) is 0. The fourth-order valence-corrected chi connectivity index (χ4v) is 2.43. The lowest BCUT2D eigenvalue weighted by atomic mass is 10.1. The van der Waals surface area contributed by atoms with Crippen molar-refractivity contribution >= 4 is 22.6 Å². The molecule has 0 aliphatic rings. The van der Waals surface area contributed by atoms with Crippen LogP contribution in [-0.2, 0) is 4.74 Å². The van der Waals surface area contributed by atoms with Gasteiger partial charge in [0.15, 0.2) is 11.6 Å². The SMILES string of the molecule is Cc1cccc(C(=O)OCC(O)=C(C#N)c2nc3ccccc3[nH]2)c1O. The zero-order chi connectivity index (χ0) is 18.7. The Hall–Kier alpha value is -3.79. The number of para-hydroxylation sites is 3. The van der Waals surface area contributed by atoms with Gasteiger partial charge in [-0.3, -0.25) is 0 Å². The van der Waals surface area contributed by atoms with Gasteiger partial charge >= 0.3 is 5.97 Å². The van der Waals surface area contributed by atoms with Crippen molar-refractivity contribution in [3.8, 4) is 11.8 Å². The molecule has 0 radical (unpaired) electrons. The number of carbonyl (C=O) groups excluding carboxylic acids is 1. The third-order valence-corrected chi connectivity index (χ3v) is 3.82. The number of rotatable bonds is 4. The van der Waals surface area contributed by atoms with Crippen molar-refractivity contribution in [2.24, 2.45) is 0 Å². The van der Waals surface area contributed by atoms with E-state index in [1.54, 1.807) is 37.3 Å². The molecule has 0 aliphatic carbocycles. The Bertz CT molecular complexity index is 1030. The number of aliphatic hydroxyl groups excluding tert-OH is 1. The van der Waals surface area contributed by atoms with Gasteiger partial charge in [-0.2, -0.15) is 5.26 Å². The molecule has 0 unspecified atom stereocenters. The maximum absolute atomic E-state index is 12.1. The standard InChI is InChI=1S/C19H15N3O4/c1-11-5-4-6-12(17(11)24)19(25)26-10-16(23)13(9-20)18-21-14-7-2-3-8-15(14)22-18/h2-8,23-24H,10H2,1H3,(H,21,22). The lowest BCUT2D eigenvalue weighted by Crippen LogP contribution is -2.10. The number of nitriles is 1. The average molecular weight is 349 g/mol. The van der Waals surface area contributed by atoms with Crippen LogP contribution in [0.4, 0.5) is 0 Å². The van der Waals surface area contributed by atoms with Gasteiger partial charge in [0.1, 0.15) is 29.6 Å². The highest BCUT2D eigenvalue weighted by Gasteiger charge is 2.17. The van der Waals surface area contributed by atoms with Gasteiger partial charge in [-0.05, 0) is 30.7 Å². The van der Waals surface area contributed by atoms with Crippen molar-refractivity contribution in [3.63, 3.8) is 0 Å². The second-order valence-electron chi connectivity index (χ2n) is 5.58. The summed E-state index contributed by atoms with van der Waals surface area (Å²) in [6, 6.07) is 13.7. The van der Waals surface area contributed by atoms with Crippen molar-refractivity contribution in [1.82, 2.24) is 9.97 Å². The number of phenolic OH excluding ortho intramolecular Hbond substituents is 1. The molecule has 26 heavy (non-hydrogen) atoms. The van der Waals surface area contributed by atoms with Gasteiger partial charge < -0.3 is 19.9 Å². The molecule has 7 heteroatoms. The van der Waals surface area contributed by atoms with Crippen LogP contribution in [0.25, 0.3) is 16.6 Å². The van der Waals surface area contributed by atoms with Crippen LogP contribution in [-0.4, -0.2) is 32.8 Å². The third kappa shape index (κ3) is 3.21. The van der Waals surface area contributed by atoms with E-state index >= 15 is 0 Å². The van der Waals surface area contributed by atoms with E-state index in [9.17, 15) is 20.3 Å². The van der Waals surface area contributed by atoms with Gasteiger partial charge in [0.25, 0.3) is 0 Å². The summed E-state index contributed by atoms with van der Waals surface area (Å²) >= 11 is 0. The van der Waals surface area contributed by atoms with E-state index in [0.29, 0.717) is 16.6 Å². The van der Waals surface area contributed by atoms with E-state index in [1.807, 2.05) is 12.1 Å². The summed E-state index contributed by atoms with van der Waals surface area (Å²) in [6.45, 7) is 1.13. The second kappa shape index (κ2) is 6.99. The molecule has 1 heterocycles. The van der Waals surface area contributed by atoms with E-state index < -0.39 is 18.3 Å². The summed E-state index contributed by atoms with van der Waals surface area (Å²) in [5.41, 5.74) is 1.75. The van der Waals surface area contributed by atoms with Gasteiger partial charge in [0.05, 0.1) is 11.0 Å². The minimum absolute atomic E-state index is 0.0138. The average Bonchev–Trinajstić information content (AvgIpc) is 3.06. The maximum atomic E-state index is 12.1. The van der Waals surface area contributed by atoms with Crippen molar-refractivity contribution in [2.45, 2.75) is 6.92 Å². The van der Waals surface area contributed by atoms with Crippen LogP contribution in [0.3, 0.4) is 0 Å². The third-order valence-electron chi connectivity index (χ3n) is 3.82. The van der Waals surface area contributed by atoms with Crippen LogP contribution in [0, 0.1) is 18.3 Å². The highest BCUT2D eigenvalue weighted by atomic mass is 16.5. The summed E-state index contributed by atoms with van der Waals surface area (Å²) in [7, 11) is 0. The van der Waals surface area contributed by atoms with Crippen LogP contribution >= 0.6 is 0 Å². The number of fused-ring (bicyclic) bond motifs is 1. The Morgan fingerprint density at radius 2 is 2.04 bits per heavy atom. The number of imidazole rings is 1. The van der Waals surface area contributed by atoms with Crippen LogP contribution < -0.4 is 0 Å². The number of ether oxygens (including phenoxy) is 1. The molecule has 2 aromatic carbocycles. The number of allylic oxidation sites excluding steroid dienone is 1. The molecule has 0 aliphatic heterocycles. The lowest BCUT2D eigenvalue weighted by molar-refractivity contribution is 0.0499. The van der Waals surface area contributed by atoms with Crippen molar-refractivity contribution in [1.29, 1.82) is 5.26 Å². The van der Waals surface area contributed by atoms with Crippen LogP contribution in [0.15, 0.2) is 48.2 Å². The number of nitrogens with one attached hydrogen (secondary N) is 1. The first-order valence-electron chi connectivity index (χ1n) is 7.74. The number of nitrogens with zero attached hydrogens (tertiary/aromatic N) is 2. The number of aromatic nitrogens is 2. The number of phenols is 1. The number of aromatic hydroxyl groups is 1. The topological polar surface area (TPSA) is 119 Å². The van der Waals surface area contributed by atoms with Gasteiger partial charge in [0.2, 0.25) is 0 Å². The first-order valence-corrected chi connectivity index (χ1v) is 7.74. The summed E-state index contributed by atoms with van der Waals surface area (Å²) < 4.78 is 5.00. The van der Waals surface area contributed by atoms with Crippen molar-refractivity contribution in [3.05, 3.63) is 65.2 Å². The number of aliphatic hydroxyl groups is 1. The van der Waals surface area contributed by atoms with E-state index in [2.05, 4.69) is 9.97 Å². The minimum Gasteiger partial charge on any atom is -0.507 e. The van der Waals surface area contributed by atoms with Gasteiger partial charge in [0, 0.05) is 0 Å². The molecular formula is C19H15N3O4. The monoisotopic (exact) mass is 349 g/mol. The van der Waals surface area contributed by atoms with E-state index in [4.69, 9.17) is 4.74 Å².